The Hall–Kier alpha value is -3.64. The maximum absolute atomic E-state index is 11.2. The second-order valence-electron chi connectivity index (χ2n) is 11.9. The summed E-state index contributed by atoms with van der Waals surface area (Å²) in [4.78, 5) is 18.9. The summed E-state index contributed by atoms with van der Waals surface area (Å²) in [6.07, 6.45) is 4.53. The highest BCUT2D eigenvalue weighted by molar-refractivity contribution is 6.30. The van der Waals surface area contributed by atoms with E-state index in [2.05, 4.69) is 51.9 Å². The van der Waals surface area contributed by atoms with Crippen LogP contribution in [0.5, 0.6) is 0 Å². The molecule has 0 radical (unpaired) electrons. The van der Waals surface area contributed by atoms with Crippen LogP contribution in [0.4, 0.5) is 0 Å². The van der Waals surface area contributed by atoms with Crippen molar-refractivity contribution in [1.29, 1.82) is 0 Å². The minimum Gasteiger partial charge on any atom is -0.478 e. The van der Waals surface area contributed by atoms with E-state index in [0.29, 0.717) is 17.5 Å². The Morgan fingerprint density at radius 1 is 0.791 bits per heavy atom. The number of nitrogens with zero attached hydrogens (tertiary/aromatic N) is 3. The Morgan fingerprint density at radius 3 is 1.93 bits per heavy atom. The smallest absolute Gasteiger partial charge is 0.335 e. The standard InChI is InChI=1S/C36H33Cl2N3O2/c37-29-12-7-24(8-13-29)34(25-9-14-30(38)15-10-25)28-11-16-32-33(21-28)41(35(39-32)26-5-6-26)31-17-19-40(20-18-31)22-23-1-3-27(4-2-23)36(42)43/h1-4,7-16,21,26,31,34H,5-6,17-20,22H2,(H,42,43). The number of aromatic nitrogens is 2. The number of imidazole rings is 1. The number of fused-ring (bicyclic) bond motifs is 1. The minimum absolute atomic E-state index is 0.0426. The lowest BCUT2D eigenvalue weighted by Gasteiger charge is -2.34. The summed E-state index contributed by atoms with van der Waals surface area (Å²) in [6.45, 7) is 2.82. The van der Waals surface area contributed by atoms with Crippen LogP contribution in [0.3, 0.4) is 0 Å². The lowest BCUT2D eigenvalue weighted by Crippen LogP contribution is -2.34. The van der Waals surface area contributed by atoms with Crippen molar-refractivity contribution >= 4 is 40.2 Å². The molecule has 0 atom stereocenters. The topological polar surface area (TPSA) is 58.4 Å². The Bertz CT molecular complexity index is 1710. The summed E-state index contributed by atoms with van der Waals surface area (Å²) in [5.74, 6) is 0.942. The Labute approximate surface area is 261 Å². The summed E-state index contributed by atoms with van der Waals surface area (Å²) >= 11 is 12.5. The molecular weight excluding hydrogens is 577 g/mol. The number of rotatable bonds is 8. The van der Waals surface area contributed by atoms with Gasteiger partial charge in [-0.2, -0.15) is 0 Å². The zero-order valence-corrected chi connectivity index (χ0v) is 25.3. The molecule has 1 aromatic heterocycles. The van der Waals surface area contributed by atoms with E-state index in [1.165, 1.54) is 40.9 Å². The lowest BCUT2D eigenvalue weighted by atomic mass is 9.85. The Morgan fingerprint density at radius 2 is 1.37 bits per heavy atom. The van der Waals surface area contributed by atoms with Crippen molar-refractivity contribution in [2.45, 2.75) is 50.1 Å². The predicted octanol–water partition coefficient (Wildman–Crippen LogP) is 8.94. The summed E-state index contributed by atoms with van der Waals surface area (Å²) < 4.78 is 2.57. The van der Waals surface area contributed by atoms with Gasteiger partial charge < -0.3 is 9.67 Å². The maximum atomic E-state index is 11.2. The van der Waals surface area contributed by atoms with Gasteiger partial charge in [-0.15, -0.1) is 0 Å². The van der Waals surface area contributed by atoms with Crippen molar-refractivity contribution in [3.63, 3.8) is 0 Å². The zero-order chi connectivity index (χ0) is 29.5. The molecular formula is C36H33Cl2N3O2. The van der Waals surface area contributed by atoms with Crippen LogP contribution in [0.1, 0.15) is 82.0 Å². The summed E-state index contributed by atoms with van der Waals surface area (Å²) in [5, 5.41) is 10.7. The molecule has 1 aliphatic carbocycles. The summed E-state index contributed by atoms with van der Waals surface area (Å²) in [7, 11) is 0. The van der Waals surface area contributed by atoms with E-state index in [1.807, 2.05) is 36.4 Å². The van der Waals surface area contributed by atoms with Crippen LogP contribution >= 0.6 is 23.2 Å². The van der Waals surface area contributed by atoms with E-state index >= 15 is 0 Å². The molecule has 5 nitrogen and oxygen atoms in total. The van der Waals surface area contributed by atoms with Crippen LogP contribution in [0.2, 0.25) is 10.0 Å². The first-order valence-corrected chi connectivity index (χ1v) is 15.8. The van der Waals surface area contributed by atoms with Crippen LogP contribution in [0.15, 0.2) is 91.0 Å². The molecule has 0 amide bonds. The molecule has 7 heteroatoms. The fourth-order valence-corrected chi connectivity index (χ4v) is 6.81. The molecule has 1 saturated carbocycles. The summed E-state index contributed by atoms with van der Waals surface area (Å²) in [5.41, 5.74) is 7.36. The highest BCUT2D eigenvalue weighted by Gasteiger charge is 2.33. The number of hydrogen-bond donors (Lipinski definition) is 1. The maximum Gasteiger partial charge on any atom is 0.335 e. The van der Waals surface area contributed by atoms with Gasteiger partial charge in [-0.1, -0.05) is 65.7 Å². The second-order valence-corrected chi connectivity index (χ2v) is 12.8. The molecule has 1 aliphatic heterocycles. The van der Waals surface area contributed by atoms with Gasteiger partial charge in [0.2, 0.25) is 0 Å². The van der Waals surface area contributed by atoms with E-state index in [-0.39, 0.29) is 5.92 Å². The van der Waals surface area contributed by atoms with Crippen LogP contribution in [0, 0.1) is 0 Å². The molecule has 2 aliphatic rings. The van der Waals surface area contributed by atoms with E-state index in [4.69, 9.17) is 28.2 Å². The van der Waals surface area contributed by atoms with Crippen molar-refractivity contribution in [1.82, 2.24) is 14.5 Å². The van der Waals surface area contributed by atoms with Crippen molar-refractivity contribution < 1.29 is 9.90 Å². The van der Waals surface area contributed by atoms with Gasteiger partial charge >= 0.3 is 5.97 Å². The highest BCUT2D eigenvalue weighted by Crippen LogP contribution is 2.44. The van der Waals surface area contributed by atoms with Crippen LogP contribution in [-0.2, 0) is 6.54 Å². The highest BCUT2D eigenvalue weighted by atomic mass is 35.5. The van der Waals surface area contributed by atoms with Crippen LogP contribution in [0.25, 0.3) is 11.0 Å². The molecule has 1 saturated heterocycles. The van der Waals surface area contributed by atoms with E-state index in [9.17, 15) is 9.90 Å². The Kier molecular flexibility index (Phi) is 7.72. The molecule has 43 heavy (non-hydrogen) atoms. The molecule has 0 bridgehead atoms. The van der Waals surface area contributed by atoms with E-state index in [0.717, 1.165) is 53.6 Å². The number of piperidine rings is 1. The van der Waals surface area contributed by atoms with Gasteiger partial charge in [-0.25, -0.2) is 9.78 Å². The summed E-state index contributed by atoms with van der Waals surface area (Å²) in [6, 6.07) is 30.7. The first kappa shape index (κ1) is 28.1. The number of hydrogen-bond acceptors (Lipinski definition) is 3. The number of carboxylic acids is 1. The van der Waals surface area contributed by atoms with Crippen molar-refractivity contribution in [3.05, 3.63) is 135 Å². The number of benzene rings is 4. The number of aromatic carboxylic acids is 1. The third-order valence-electron chi connectivity index (χ3n) is 8.95. The van der Waals surface area contributed by atoms with Crippen molar-refractivity contribution in [2.75, 3.05) is 13.1 Å². The van der Waals surface area contributed by atoms with Crippen LogP contribution < -0.4 is 0 Å². The van der Waals surface area contributed by atoms with Gasteiger partial charge in [-0.3, -0.25) is 4.90 Å². The normalized spacial score (nSPS) is 16.3. The number of carboxylic acid groups (broad SMARTS) is 1. The number of halogens is 2. The van der Waals surface area contributed by atoms with Gasteiger partial charge in [0.05, 0.1) is 16.6 Å². The minimum atomic E-state index is -0.887. The molecule has 218 valence electrons. The van der Waals surface area contributed by atoms with Crippen LogP contribution in [-0.4, -0.2) is 38.6 Å². The van der Waals surface area contributed by atoms with E-state index < -0.39 is 5.97 Å². The van der Waals surface area contributed by atoms with Gasteiger partial charge in [0, 0.05) is 47.6 Å². The van der Waals surface area contributed by atoms with Gasteiger partial charge in [0.25, 0.3) is 0 Å². The average Bonchev–Trinajstić information content (AvgIpc) is 3.80. The molecule has 7 rings (SSSR count). The SMILES string of the molecule is O=C(O)c1ccc(CN2CCC(n3c(C4CC4)nc4ccc(C(c5ccc(Cl)cc5)c5ccc(Cl)cc5)cc43)CC2)cc1. The Balaban J connectivity index is 1.20. The molecule has 2 fully saturated rings. The quantitative estimate of drug-likeness (QED) is 0.178. The molecule has 5 aromatic rings. The van der Waals surface area contributed by atoms with Crippen molar-refractivity contribution in [3.8, 4) is 0 Å². The van der Waals surface area contributed by atoms with Gasteiger partial charge in [0.1, 0.15) is 5.82 Å². The van der Waals surface area contributed by atoms with Gasteiger partial charge in [-0.05, 0) is 96.5 Å². The first-order valence-electron chi connectivity index (χ1n) is 15.0. The third kappa shape index (κ3) is 5.95. The molecule has 0 unspecified atom stereocenters. The molecule has 1 N–H and O–H groups in total. The lowest BCUT2D eigenvalue weighted by molar-refractivity contribution is 0.0697. The van der Waals surface area contributed by atoms with Gasteiger partial charge in [0.15, 0.2) is 0 Å². The molecule has 0 spiro atoms. The second kappa shape index (κ2) is 11.8. The largest absolute Gasteiger partial charge is 0.478 e. The third-order valence-corrected chi connectivity index (χ3v) is 9.46. The number of carbonyl (C=O) groups is 1. The predicted molar refractivity (Wildman–Crippen MR) is 173 cm³/mol. The molecule has 2 heterocycles. The van der Waals surface area contributed by atoms with Crippen molar-refractivity contribution in [2.24, 2.45) is 0 Å². The molecule has 4 aromatic carbocycles. The zero-order valence-electron chi connectivity index (χ0n) is 23.8. The fourth-order valence-electron chi connectivity index (χ4n) is 6.56. The first-order chi connectivity index (χ1) is 20.9. The monoisotopic (exact) mass is 609 g/mol. The average molecular weight is 611 g/mol. The van der Waals surface area contributed by atoms with E-state index in [1.54, 1.807) is 12.1 Å². The number of likely N-dealkylation sites (tertiary alicyclic amines) is 1. The fraction of sp³-hybridized carbons (Fsp3) is 0.278.